The number of hydrogen-bond acceptors (Lipinski definition) is 2. The van der Waals surface area contributed by atoms with Crippen LogP contribution >= 0.6 is 15.9 Å². The SMILES string of the molecule is Cc1ccc(Oc2ncc(CBr)cc2C)cc1F. The summed E-state index contributed by atoms with van der Waals surface area (Å²) in [5.41, 5.74) is 2.60. The van der Waals surface area contributed by atoms with Gasteiger partial charge in [-0.05, 0) is 37.1 Å². The van der Waals surface area contributed by atoms with Gasteiger partial charge in [-0.3, -0.25) is 0 Å². The van der Waals surface area contributed by atoms with Crippen molar-refractivity contribution in [2.75, 3.05) is 0 Å². The van der Waals surface area contributed by atoms with E-state index in [1.54, 1.807) is 25.3 Å². The van der Waals surface area contributed by atoms with Crippen molar-refractivity contribution < 1.29 is 9.13 Å². The van der Waals surface area contributed by atoms with Crippen LogP contribution in [-0.4, -0.2) is 4.98 Å². The molecular formula is C14H13BrFNO. The number of benzene rings is 1. The topological polar surface area (TPSA) is 22.1 Å². The highest BCUT2D eigenvalue weighted by Gasteiger charge is 2.06. The fourth-order valence-corrected chi connectivity index (χ4v) is 1.86. The Hall–Kier alpha value is -1.42. The average Bonchev–Trinajstić information content (AvgIpc) is 2.36. The summed E-state index contributed by atoms with van der Waals surface area (Å²) in [5, 5.41) is 0.750. The van der Waals surface area contributed by atoms with Crippen LogP contribution in [0.1, 0.15) is 16.7 Å². The van der Waals surface area contributed by atoms with Crippen LogP contribution in [0.5, 0.6) is 11.6 Å². The lowest BCUT2D eigenvalue weighted by Crippen LogP contribution is -1.94. The molecule has 0 radical (unpaired) electrons. The molecule has 1 aromatic carbocycles. The zero-order valence-corrected chi connectivity index (χ0v) is 11.8. The molecule has 0 bridgehead atoms. The minimum absolute atomic E-state index is 0.276. The highest BCUT2D eigenvalue weighted by molar-refractivity contribution is 9.08. The summed E-state index contributed by atoms with van der Waals surface area (Å²) < 4.78 is 19.0. The summed E-state index contributed by atoms with van der Waals surface area (Å²) >= 11 is 3.37. The van der Waals surface area contributed by atoms with E-state index in [1.807, 2.05) is 13.0 Å². The second-order valence-electron chi connectivity index (χ2n) is 4.11. The smallest absolute Gasteiger partial charge is 0.222 e. The second kappa shape index (κ2) is 5.48. The van der Waals surface area contributed by atoms with Gasteiger partial charge in [-0.15, -0.1) is 0 Å². The molecule has 0 aliphatic heterocycles. The molecule has 0 saturated carbocycles. The van der Waals surface area contributed by atoms with Crippen molar-refractivity contribution in [3.63, 3.8) is 0 Å². The summed E-state index contributed by atoms with van der Waals surface area (Å²) in [7, 11) is 0. The van der Waals surface area contributed by atoms with Crippen molar-refractivity contribution in [2.24, 2.45) is 0 Å². The van der Waals surface area contributed by atoms with Crippen molar-refractivity contribution in [3.8, 4) is 11.6 Å². The van der Waals surface area contributed by atoms with E-state index in [9.17, 15) is 4.39 Å². The van der Waals surface area contributed by atoms with Crippen LogP contribution in [0.4, 0.5) is 4.39 Å². The molecule has 2 nitrogen and oxygen atoms in total. The first-order valence-electron chi connectivity index (χ1n) is 5.55. The standard InChI is InChI=1S/C14H13BrFNO/c1-9-3-4-12(6-13(9)16)18-14-10(2)5-11(7-15)8-17-14/h3-6,8H,7H2,1-2H3. The van der Waals surface area contributed by atoms with Gasteiger partial charge in [0.05, 0.1) is 0 Å². The highest BCUT2D eigenvalue weighted by Crippen LogP contribution is 2.25. The number of alkyl halides is 1. The zero-order chi connectivity index (χ0) is 13.1. The van der Waals surface area contributed by atoms with E-state index in [0.717, 1.165) is 16.5 Å². The Morgan fingerprint density at radius 2 is 2.00 bits per heavy atom. The van der Waals surface area contributed by atoms with Gasteiger partial charge < -0.3 is 4.74 Å². The predicted molar refractivity (Wildman–Crippen MR) is 72.8 cm³/mol. The van der Waals surface area contributed by atoms with Gasteiger partial charge in [0.2, 0.25) is 5.88 Å². The van der Waals surface area contributed by atoms with E-state index >= 15 is 0 Å². The van der Waals surface area contributed by atoms with Gasteiger partial charge in [0.15, 0.2) is 0 Å². The van der Waals surface area contributed by atoms with Crippen LogP contribution in [0.25, 0.3) is 0 Å². The summed E-state index contributed by atoms with van der Waals surface area (Å²) in [6.45, 7) is 3.63. The van der Waals surface area contributed by atoms with Gasteiger partial charge >= 0.3 is 0 Å². The van der Waals surface area contributed by atoms with Gasteiger partial charge in [0, 0.05) is 23.2 Å². The van der Waals surface area contributed by atoms with Crippen molar-refractivity contribution in [2.45, 2.75) is 19.2 Å². The average molecular weight is 310 g/mol. The number of rotatable bonds is 3. The monoisotopic (exact) mass is 309 g/mol. The molecule has 2 rings (SSSR count). The Balaban J connectivity index is 2.25. The molecular weight excluding hydrogens is 297 g/mol. The van der Waals surface area contributed by atoms with E-state index < -0.39 is 0 Å². The van der Waals surface area contributed by atoms with E-state index in [2.05, 4.69) is 20.9 Å². The number of ether oxygens (including phenoxy) is 1. The number of hydrogen-bond donors (Lipinski definition) is 0. The van der Waals surface area contributed by atoms with E-state index in [0.29, 0.717) is 17.2 Å². The van der Waals surface area contributed by atoms with Gasteiger partial charge in [-0.25, -0.2) is 9.37 Å². The summed E-state index contributed by atoms with van der Waals surface area (Å²) in [6.07, 6.45) is 1.74. The molecule has 4 heteroatoms. The first-order chi connectivity index (χ1) is 8.60. The number of aryl methyl sites for hydroxylation is 2. The molecule has 0 amide bonds. The summed E-state index contributed by atoms with van der Waals surface area (Å²) in [6, 6.07) is 6.78. The molecule has 18 heavy (non-hydrogen) atoms. The number of nitrogens with zero attached hydrogens (tertiary/aromatic N) is 1. The molecule has 2 aromatic rings. The number of halogens is 2. The molecule has 0 saturated heterocycles. The van der Waals surface area contributed by atoms with Gasteiger partial charge in [0.1, 0.15) is 11.6 Å². The maximum Gasteiger partial charge on any atom is 0.222 e. The molecule has 0 aliphatic rings. The highest BCUT2D eigenvalue weighted by atomic mass is 79.9. The summed E-state index contributed by atoms with van der Waals surface area (Å²) in [4.78, 5) is 4.22. The van der Waals surface area contributed by atoms with Crippen LogP contribution in [-0.2, 0) is 5.33 Å². The largest absolute Gasteiger partial charge is 0.439 e. The van der Waals surface area contributed by atoms with Crippen LogP contribution in [0, 0.1) is 19.7 Å². The zero-order valence-electron chi connectivity index (χ0n) is 10.2. The van der Waals surface area contributed by atoms with Crippen molar-refractivity contribution in [3.05, 3.63) is 53.0 Å². The fraction of sp³-hybridized carbons (Fsp3) is 0.214. The number of pyridine rings is 1. The lowest BCUT2D eigenvalue weighted by Gasteiger charge is -2.09. The molecule has 0 aliphatic carbocycles. The van der Waals surface area contributed by atoms with Crippen LogP contribution in [0.15, 0.2) is 30.5 Å². The molecule has 0 unspecified atom stereocenters. The van der Waals surface area contributed by atoms with Gasteiger partial charge in [0.25, 0.3) is 0 Å². The summed E-state index contributed by atoms with van der Waals surface area (Å²) in [5.74, 6) is 0.686. The van der Waals surface area contributed by atoms with E-state index in [4.69, 9.17) is 4.74 Å². The normalized spacial score (nSPS) is 10.4. The third-order valence-corrected chi connectivity index (χ3v) is 3.25. The molecule has 1 aromatic heterocycles. The van der Waals surface area contributed by atoms with E-state index in [1.165, 1.54) is 6.07 Å². The molecule has 0 atom stereocenters. The van der Waals surface area contributed by atoms with Crippen LogP contribution < -0.4 is 4.74 Å². The maximum atomic E-state index is 13.4. The Labute approximate surface area is 114 Å². The third-order valence-electron chi connectivity index (χ3n) is 2.60. The predicted octanol–water partition coefficient (Wildman–Crippen LogP) is 4.52. The Morgan fingerprint density at radius 3 is 2.61 bits per heavy atom. The quantitative estimate of drug-likeness (QED) is 0.777. The third kappa shape index (κ3) is 2.88. The van der Waals surface area contributed by atoms with Crippen LogP contribution in [0.3, 0.4) is 0 Å². The Kier molecular flexibility index (Phi) is 3.97. The molecule has 94 valence electrons. The lowest BCUT2D eigenvalue weighted by atomic mass is 10.2. The molecule has 0 spiro atoms. The van der Waals surface area contributed by atoms with Crippen molar-refractivity contribution in [1.29, 1.82) is 0 Å². The van der Waals surface area contributed by atoms with Gasteiger partial charge in [-0.1, -0.05) is 22.0 Å². The maximum absolute atomic E-state index is 13.4. The molecule has 0 fully saturated rings. The van der Waals surface area contributed by atoms with Gasteiger partial charge in [-0.2, -0.15) is 0 Å². The first-order valence-corrected chi connectivity index (χ1v) is 6.68. The fourth-order valence-electron chi connectivity index (χ4n) is 1.55. The van der Waals surface area contributed by atoms with Crippen molar-refractivity contribution in [1.82, 2.24) is 4.98 Å². The second-order valence-corrected chi connectivity index (χ2v) is 4.67. The Morgan fingerprint density at radius 1 is 1.22 bits per heavy atom. The number of aromatic nitrogens is 1. The van der Waals surface area contributed by atoms with Crippen LogP contribution in [0.2, 0.25) is 0 Å². The van der Waals surface area contributed by atoms with E-state index in [-0.39, 0.29) is 5.82 Å². The minimum Gasteiger partial charge on any atom is -0.439 e. The minimum atomic E-state index is -0.276. The first kappa shape index (κ1) is 13.0. The lowest BCUT2D eigenvalue weighted by molar-refractivity contribution is 0.453. The molecule has 0 N–H and O–H groups in total. The van der Waals surface area contributed by atoms with Crippen molar-refractivity contribution >= 4 is 15.9 Å². The Bertz CT molecular complexity index is 572. The molecule has 1 heterocycles.